The van der Waals surface area contributed by atoms with Gasteiger partial charge in [0.1, 0.15) is 25.6 Å². The van der Waals surface area contributed by atoms with E-state index >= 15 is 0 Å². The lowest BCUT2D eigenvalue weighted by Crippen LogP contribution is -2.30. The van der Waals surface area contributed by atoms with E-state index in [1.807, 2.05) is 13.9 Å². The highest BCUT2D eigenvalue weighted by Gasteiger charge is 2.50. The lowest BCUT2D eigenvalue weighted by molar-refractivity contribution is -0.124. The number of anilines is 2. The summed E-state index contributed by atoms with van der Waals surface area (Å²) >= 11 is 6.26. The van der Waals surface area contributed by atoms with Crippen LogP contribution in [0.4, 0.5) is 20.2 Å². The molecule has 1 saturated carbocycles. The molecule has 0 heterocycles. The number of nitrogens with one attached hydrogen (secondary N) is 3. The van der Waals surface area contributed by atoms with Gasteiger partial charge in [-0.15, -0.1) is 0 Å². The molecule has 3 aromatic carbocycles. The molecule has 0 saturated heterocycles. The van der Waals surface area contributed by atoms with Crippen molar-refractivity contribution in [1.29, 1.82) is 5.26 Å². The number of amides is 3. The third kappa shape index (κ3) is 6.95. The van der Waals surface area contributed by atoms with Gasteiger partial charge in [0.05, 0.1) is 22.2 Å². The summed E-state index contributed by atoms with van der Waals surface area (Å²) in [7, 11) is 1.89. The van der Waals surface area contributed by atoms with Crippen molar-refractivity contribution in [2.45, 2.75) is 25.8 Å². The maximum Gasteiger partial charge on any atom is 0.272 e. The summed E-state index contributed by atoms with van der Waals surface area (Å²) in [6.07, 6.45) is -1.72. The highest BCUT2D eigenvalue weighted by atomic mass is 35.5. The largest absolute Gasteiger partial charge is 0.487 e. The Morgan fingerprint density at radius 3 is 2.27 bits per heavy atom. The van der Waals surface area contributed by atoms with E-state index in [0.29, 0.717) is 24.1 Å². The SMILES string of the molecule is Bc1ccc(NC(=O)c2cc(NC(=O)c3cc(CNC(=O)C4(C#N)CC4)ccc3Cl)ccc2OCC(F)F)cc1. The van der Waals surface area contributed by atoms with Crippen molar-refractivity contribution in [2.75, 3.05) is 17.2 Å². The second-order valence-electron chi connectivity index (χ2n) is 9.38. The quantitative estimate of drug-likeness (QED) is 0.325. The zero-order chi connectivity index (χ0) is 28.9. The van der Waals surface area contributed by atoms with Gasteiger partial charge in [-0.2, -0.15) is 5.26 Å². The van der Waals surface area contributed by atoms with Crippen LogP contribution in [0, 0.1) is 16.7 Å². The van der Waals surface area contributed by atoms with Crippen LogP contribution in [0.3, 0.4) is 0 Å². The first-order chi connectivity index (χ1) is 19.1. The molecule has 12 heteroatoms. The number of nitriles is 1. The molecule has 0 atom stereocenters. The predicted molar refractivity (Wildman–Crippen MR) is 149 cm³/mol. The summed E-state index contributed by atoms with van der Waals surface area (Å²) in [5, 5.41) is 17.4. The van der Waals surface area contributed by atoms with Gasteiger partial charge in [-0.05, 0) is 60.9 Å². The van der Waals surface area contributed by atoms with Crippen LogP contribution >= 0.6 is 11.6 Å². The molecule has 0 bridgehead atoms. The summed E-state index contributed by atoms with van der Waals surface area (Å²) in [6.45, 7) is -0.815. The summed E-state index contributed by atoms with van der Waals surface area (Å²) < 4.78 is 30.7. The molecule has 3 aromatic rings. The minimum atomic E-state index is -2.75. The average Bonchev–Trinajstić information content (AvgIpc) is 3.74. The predicted octanol–water partition coefficient (Wildman–Crippen LogP) is 3.67. The van der Waals surface area contributed by atoms with Gasteiger partial charge < -0.3 is 20.7 Å². The first-order valence-electron chi connectivity index (χ1n) is 12.3. The number of ether oxygens (including phenoxy) is 1. The normalized spacial score (nSPS) is 13.2. The molecule has 40 heavy (non-hydrogen) atoms. The third-order valence-corrected chi connectivity index (χ3v) is 6.61. The lowest BCUT2D eigenvalue weighted by Gasteiger charge is -2.15. The molecule has 1 aliphatic carbocycles. The molecule has 8 nitrogen and oxygen atoms in total. The van der Waals surface area contributed by atoms with Crippen LogP contribution in [0.25, 0.3) is 0 Å². The van der Waals surface area contributed by atoms with Crippen LogP contribution in [0.1, 0.15) is 39.1 Å². The summed E-state index contributed by atoms with van der Waals surface area (Å²) in [5.74, 6) is -1.66. The highest BCUT2D eigenvalue weighted by molar-refractivity contribution is 6.34. The Morgan fingerprint density at radius 1 is 0.975 bits per heavy atom. The van der Waals surface area contributed by atoms with E-state index in [1.165, 1.54) is 30.3 Å². The topological polar surface area (TPSA) is 120 Å². The fourth-order valence-corrected chi connectivity index (χ4v) is 4.02. The average molecular weight is 565 g/mol. The summed E-state index contributed by atoms with van der Waals surface area (Å²) in [4.78, 5) is 38.4. The van der Waals surface area contributed by atoms with Gasteiger partial charge >= 0.3 is 0 Å². The highest BCUT2D eigenvalue weighted by Crippen LogP contribution is 2.45. The first kappa shape index (κ1) is 28.6. The van der Waals surface area contributed by atoms with Gasteiger partial charge in [0.25, 0.3) is 18.2 Å². The van der Waals surface area contributed by atoms with E-state index in [-0.39, 0.29) is 40.0 Å². The van der Waals surface area contributed by atoms with Crippen molar-refractivity contribution in [2.24, 2.45) is 5.41 Å². The number of rotatable bonds is 10. The van der Waals surface area contributed by atoms with Crippen molar-refractivity contribution in [3.63, 3.8) is 0 Å². The number of carbonyl (C=O) groups excluding carboxylic acids is 3. The fourth-order valence-electron chi connectivity index (χ4n) is 3.82. The molecule has 0 radical (unpaired) electrons. The molecule has 0 spiro atoms. The van der Waals surface area contributed by atoms with Crippen molar-refractivity contribution in [1.82, 2.24) is 5.32 Å². The zero-order valence-electron chi connectivity index (χ0n) is 21.4. The Labute approximate surface area is 235 Å². The van der Waals surface area contributed by atoms with E-state index in [2.05, 4.69) is 16.0 Å². The number of halogens is 3. The molecule has 4 rings (SSSR count). The number of nitrogens with zero attached hydrogens (tertiary/aromatic N) is 1. The molecule has 1 aliphatic rings. The molecule has 0 aliphatic heterocycles. The van der Waals surface area contributed by atoms with Crippen molar-refractivity contribution >= 4 is 54.0 Å². The second-order valence-corrected chi connectivity index (χ2v) is 9.79. The Kier molecular flexibility index (Phi) is 8.70. The molecule has 3 N–H and O–H groups in total. The van der Waals surface area contributed by atoms with E-state index in [0.717, 1.165) is 5.46 Å². The Morgan fingerprint density at radius 2 is 1.62 bits per heavy atom. The van der Waals surface area contributed by atoms with Gasteiger partial charge in [-0.1, -0.05) is 35.3 Å². The molecule has 3 amide bonds. The Hall–Kier alpha value is -4.43. The van der Waals surface area contributed by atoms with Gasteiger partial charge in [0.2, 0.25) is 5.91 Å². The number of alkyl halides is 2. The minimum absolute atomic E-state index is 0.0620. The van der Waals surface area contributed by atoms with E-state index in [9.17, 15) is 28.4 Å². The molecular weight excluding hydrogens is 541 g/mol. The second kappa shape index (κ2) is 12.2. The molecule has 1 fully saturated rings. The Bertz CT molecular complexity index is 1490. The number of benzene rings is 3. The number of carbonyl (C=O) groups is 3. The lowest BCUT2D eigenvalue weighted by atomic mass is 9.96. The van der Waals surface area contributed by atoms with Gasteiger partial charge in [-0.25, -0.2) is 8.78 Å². The van der Waals surface area contributed by atoms with Crippen LogP contribution in [-0.4, -0.2) is 38.6 Å². The van der Waals surface area contributed by atoms with Crippen LogP contribution in [0.5, 0.6) is 5.75 Å². The van der Waals surface area contributed by atoms with Gasteiger partial charge in [0, 0.05) is 17.9 Å². The number of hydrogen-bond donors (Lipinski definition) is 3. The minimum Gasteiger partial charge on any atom is -0.487 e. The van der Waals surface area contributed by atoms with Crippen molar-refractivity contribution in [3.8, 4) is 11.8 Å². The molecule has 0 aromatic heterocycles. The van der Waals surface area contributed by atoms with E-state index in [4.69, 9.17) is 16.3 Å². The number of hydrogen-bond acceptors (Lipinski definition) is 5. The van der Waals surface area contributed by atoms with E-state index in [1.54, 1.807) is 30.3 Å². The maximum absolute atomic E-state index is 13.1. The fraction of sp³-hybridized carbons (Fsp3) is 0.214. The van der Waals surface area contributed by atoms with Crippen LogP contribution < -0.4 is 26.2 Å². The third-order valence-electron chi connectivity index (χ3n) is 6.28. The van der Waals surface area contributed by atoms with Crippen molar-refractivity contribution < 1.29 is 27.9 Å². The standard InChI is InChI=1S/C28H24BClF2N4O4/c29-17-2-4-18(5-3-17)35-26(38)21-12-19(6-8-23(21)40-14-24(31)32)36-25(37)20-11-16(1-7-22(20)30)13-34-27(39)28(15-33)9-10-28/h1-8,11-12,24H,9-10,13-14,29H2,(H,34,39)(H,35,38)(H,36,37). The van der Waals surface area contributed by atoms with Crippen LogP contribution in [0.2, 0.25) is 5.02 Å². The molecule has 204 valence electrons. The van der Waals surface area contributed by atoms with Gasteiger partial charge in [-0.3, -0.25) is 14.4 Å². The summed E-state index contributed by atoms with van der Waals surface area (Å²) in [6, 6.07) is 17.7. The Balaban J connectivity index is 1.51. The maximum atomic E-state index is 13.1. The first-order valence-corrected chi connectivity index (χ1v) is 12.7. The summed E-state index contributed by atoms with van der Waals surface area (Å²) in [5.41, 5.74) is 1.34. The van der Waals surface area contributed by atoms with E-state index < -0.39 is 30.3 Å². The van der Waals surface area contributed by atoms with Crippen LogP contribution in [0.15, 0.2) is 60.7 Å². The molecule has 0 unspecified atom stereocenters. The monoisotopic (exact) mass is 564 g/mol. The zero-order valence-corrected chi connectivity index (χ0v) is 22.1. The smallest absolute Gasteiger partial charge is 0.272 e. The molecular formula is C28H24BClF2N4O4. The van der Waals surface area contributed by atoms with Gasteiger partial charge in [0.15, 0.2) is 0 Å². The van der Waals surface area contributed by atoms with Crippen LogP contribution in [-0.2, 0) is 11.3 Å². The van der Waals surface area contributed by atoms with Crippen molar-refractivity contribution in [3.05, 3.63) is 82.4 Å².